The van der Waals surface area contributed by atoms with Gasteiger partial charge in [0.15, 0.2) is 5.75 Å². The second kappa shape index (κ2) is 7.57. The fraction of sp³-hybridized carbons (Fsp3) is 0.591. The van der Waals surface area contributed by atoms with Crippen LogP contribution in [-0.4, -0.2) is 26.0 Å². The maximum absolute atomic E-state index is 11.7. The van der Waals surface area contributed by atoms with Crippen LogP contribution in [-0.2, 0) is 25.3 Å². The largest absolute Gasteiger partial charge is 0.511 e. The van der Waals surface area contributed by atoms with E-state index in [4.69, 9.17) is 9.72 Å². The van der Waals surface area contributed by atoms with Crippen LogP contribution in [0, 0.1) is 0 Å². The van der Waals surface area contributed by atoms with Gasteiger partial charge in [-0.25, -0.2) is 4.79 Å². The Morgan fingerprint density at radius 3 is 2.54 bits per heavy atom. The molecule has 0 spiro atoms. The Morgan fingerprint density at radius 1 is 1.14 bits per heavy atom. The van der Waals surface area contributed by atoms with Crippen LogP contribution in [0.1, 0.15) is 75.2 Å². The molecule has 0 atom stereocenters. The summed E-state index contributed by atoms with van der Waals surface area (Å²) >= 11 is 0. The standard InChI is InChI=1S/C22H29N3O3/c1-22(12-7-4-8-13-22)20-19(28-21(26)27)18(17-11-14-23-25(17)2)15-9-5-3-6-10-16(15)24-20/h11,14H,3-10,12-13H2,1-2H3,(H,26,27). The predicted molar refractivity (Wildman–Crippen MR) is 107 cm³/mol. The summed E-state index contributed by atoms with van der Waals surface area (Å²) in [6.45, 7) is 2.22. The number of hydrogen-bond donors (Lipinski definition) is 1. The molecular formula is C22H29N3O3. The minimum Gasteiger partial charge on any atom is -0.449 e. The predicted octanol–water partition coefficient (Wildman–Crippen LogP) is 5.03. The van der Waals surface area contributed by atoms with Gasteiger partial charge in [0.1, 0.15) is 0 Å². The molecule has 0 aromatic carbocycles. The van der Waals surface area contributed by atoms with Gasteiger partial charge < -0.3 is 9.84 Å². The fourth-order valence-electron chi connectivity index (χ4n) is 4.95. The van der Waals surface area contributed by atoms with Gasteiger partial charge in [-0.2, -0.15) is 5.10 Å². The van der Waals surface area contributed by atoms with Crippen molar-refractivity contribution < 1.29 is 14.6 Å². The molecule has 1 fully saturated rings. The highest BCUT2D eigenvalue weighted by Crippen LogP contribution is 2.47. The molecule has 28 heavy (non-hydrogen) atoms. The highest BCUT2D eigenvalue weighted by molar-refractivity contribution is 5.77. The summed E-state index contributed by atoms with van der Waals surface area (Å²) in [6, 6.07) is 1.95. The number of carbonyl (C=O) groups is 1. The number of pyridine rings is 1. The topological polar surface area (TPSA) is 77.2 Å². The number of aryl methyl sites for hydroxylation is 2. The highest BCUT2D eigenvalue weighted by Gasteiger charge is 2.37. The number of rotatable bonds is 3. The third-order valence-corrected chi connectivity index (χ3v) is 6.47. The Balaban J connectivity index is 2.01. The summed E-state index contributed by atoms with van der Waals surface area (Å²) in [5.41, 5.74) is 4.71. The first-order chi connectivity index (χ1) is 13.5. The maximum Gasteiger partial charge on any atom is 0.511 e. The number of nitrogens with zero attached hydrogens (tertiary/aromatic N) is 3. The zero-order valence-electron chi connectivity index (χ0n) is 16.8. The van der Waals surface area contributed by atoms with E-state index >= 15 is 0 Å². The molecule has 1 saturated carbocycles. The second-order valence-electron chi connectivity index (χ2n) is 8.48. The SMILES string of the molecule is Cn1nccc1-c1c2c(nc(C3(C)CCCCC3)c1OC(=O)O)CCCCC2. The molecule has 2 aliphatic rings. The number of ether oxygens (including phenoxy) is 1. The van der Waals surface area contributed by atoms with Gasteiger partial charge in [-0.3, -0.25) is 9.67 Å². The number of aromatic nitrogens is 3. The van der Waals surface area contributed by atoms with Gasteiger partial charge in [-0.05, 0) is 50.2 Å². The van der Waals surface area contributed by atoms with E-state index in [0.29, 0.717) is 5.75 Å². The summed E-state index contributed by atoms with van der Waals surface area (Å²) in [7, 11) is 1.89. The van der Waals surface area contributed by atoms with E-state index < -0.39 is 6.16 Å². The van der Waals surface area contributed by atoms with Crippen molar-refractivity contribution in [2.75, 3.05) is 0 Å². The highest BCUT2D eigenvalue weighted by atomic mass is 16.7. The number of hydrogen-bond acceptors (Lipinski definition) is 4. The van der Waals surface area contributed by atoms with Crippen molar-refractivity contribution >= 4 is 6.16 Å². The van der Waals surface area contributed by atoms with E-state index in [1.807, 2.05) is 17.8 Å². The van der Waals surface area contributed by atoms with Crippen molar-refractivity contribution in [2.24, 2.45) is 7.05 Å². The van der Waals surface area contributed by atoms with Gasteiger partial charge in [-0.15, -0.1) is 0 Å². The molecule has 2 aliphatic carbocycles. The van der Waals surface area contributed by atoms with Gasteiger partial charge in [0.2, 0.25) is 0 Å². The van der Waals surface area contributed by atoms with E-state index in [0.717, 1.165) is 79.6 Å². The van der Waals surface area contributed by atoms with Gasteiger partial charge in [-0.1, -0.05) is 32.6 Å². The average Bonchev–Trinajstić information content (AvgIpc) is 2.94. The third kappa shape index (κ3) is 3.40. The summed E-state index contributed by atoms with van der Waals surface area (Å²) in [5, 5.41) is 13.9. The number of fused-ring (bicyclic) bond motifs is 1. The van der Waals surface area contributed by atoms with Crippen LogP contribution < -0.4 is 4.74 Å². The number of carboxylic acid groups (broad SMARTS) is 1. The summed E-state index contributed by atoms with van der Waals surface area (Å²) < 4.78 is 7.30. The lowest BCUT2D eigenvalue weighted by molar-refractivity contribution is 0.142. The smallest absolute Gasteiger partial charge is 0.449 e. The lowest BCUT2D eigenvalue weighted by atomic mass is 9.72. The van der Waals surface area contributed by atoms with Gasteiger partial charge in [0, 0.05) is 29.9 Å². The maximum atomic E-state index is 11.7. The van der Waals surface area contributed by atoms with Crippen LogP contribution >= 0.6 is 0 Å². The van der Waals surface area contributed by atoms with Crippen molar-refractivity contribution in [1.82, 2.24) is 14.8 Å². The first kappa shape index (κ1) is 19.0. The van der Waals surface area contributed by atoms with Gasteiger partial charge in [0.25, 0.3) is 0 Å². The molecule has 2 aromatic rings. The molecule has 0 radical (unpaired) electrons. The molecule has 1 N–H and O–H groups in total. The van der Waals surface area contributed by atoms with Crippen LogP contribution in [0.25, 0.3) is 11.3 Å². The Morgan fingerprint density at radius 2 is 1.86 bits per heavy atom. The van der Waals surface area contributed by atoms with Crippen molar-refractivity contribution in [3.63, 3.8) is 0 Å². The van der Waals surface area contributed by atoms with E-state index in [-0.39, 0.29) is 5.41 Å². The van der Waals surface area contributed by atoms with Crippen molar-refractivity contribution in [3.05, 3.63) is 29.2 Å². The molecule has 2 heterocycles. The molecule has 4 rings (SSSR count). The Kier molecular flexibility index (Phi) is 5.13. The zero-order chi connectivity index (χ0) is 19.7. The molecule has 6 nitrogen and oxygen atoms in total. The normalized spacial score (nSPS) is 18.9. The van der Waals surface area contributed by atoms with E-state index in [2.05, 4.69) is 12.0 Å². The third-order valence-electron chi connectivity index (χ3n) is 6.47. The van der Waals surface area contributed by atoms with Crippen LogP contribution in [0.2, 0.25) is 0 Å². The monoisotopic (exact) mass is 383 g/mol. The Hall–Kier alpha value is -2.37. The van der Waals surface area contributed by atoms with Crippen LogP contribution in [0.15, 0.2) is 12.3 Å². The average molecular weight is 383 g/mol. The van der Waals surface area contributed by atoms with Gasteiger partial charge >= 0.3 is 6.16 Å². The Bertz CT molecular complexity index is 881. The van der Waals surface area contributed by atoms with Crippen LogP contribution in [0.4, 0.5) is 4.79 Å². The van der Waals surface area contributed by atoms with Crippen LogP contribution in [0.5, 0.6) is 5.75 Å². The first-order valence-corrected chi connectivity index (χ1v) is 10.4. The Labute approximate surface area is 165 Å². The summed E-state index contributed by atoms with van der Waals surface area (Å²) in [6.07, 6.45) is 11.2. The molecule has 2 aromatic heterocycles. The van der Waals surface area contributed by atoms with Crippen molar-refractivity contribution in [3.8, 4) is 17.0 Å². The lowest BCUT2D eigenvalue weighted by Gasteiger charge is -2.35. The quantitative estimate of drug-likeness (QED) is 0.594. The molecule has 6 heteroatoms. The van der Waals surface area contributed by atoms with Crippen LogP contribution in [0.3, 0.4) is 0 Å². The van der Waals surface area contributed by atoms with Crippen molar-refractivity contribution in [1.29, 1.82) is 0 Å². The zero-order valence-corrected chi connectivity index (χ0v) is 16.8. The molecule has 0 amide bonds. The molecule has 150 valence electrons. The molecule has 0 unspecified atom stereocenters. The lowest BCUT2D eigenvalue weighted by Crippen LogP contribution is -2.29. The van der Waals surface area contributed by atoms with Crippen molar-refractivity contribution in [2.45, 2.75) is 76.5 Å². The van der Waals surface area contributed by atoms with E-state index in [9.17, 15) is 9.90 Å². The molecule has 0 saturated heterocycles. The van der Waals surface area contributed by atoms with E-state index in [1.54, 1.807) is 6.20 Å². The summed E-state index contributed by atoms with van der Waals surface area (Å²) in [4.78, 5) is 16.8. The van der Waals surface area contributed by atoms with Gasteiger partial charge in [0.05, 0.1) is 11.4 Å². The molecular weight excluding hydrogens is 354 g/mol. The minimum atomic E-state index is -1.28. The first-order valence-electron chi connectivity index (χ1n) is 10.4. The fourth-order valence-corrected chi connectivity index (χ4v) is 4.95. The summed E-state index contributed by atoms with van der Waals surface area (Å²) in [5.74, 6) is 0.432. The molecule has 0 aliphatic heterocycles. The second-order valence-corrected chi connectivity index (χ2v) is 8.48. The van der Waals surface area contributed by atoms with E-state index in [1.165, 1.54) is 12.8 Å². The minimum absolute atomic E-state index is 0.155. The molecule has 0 bridgehead atoms.